The number of carbonyl (C=O) groups excluding carboxylic acids is 1. The molecule has 0 heterocycles. The first kappa shape index (κ1) is 15.8. The number of carbonyl (C=O) groups is 1. The van der Waals surface area contributed by atoms with Crippen LogP contribution in [0.1, 0.15) is 58.8 Å². The van der Waals surface area contributed by atoms with E-state index in [4.69, 9.17) is 0 Å². The van der Waals surface area contributed by atoms with Gasteiger partial charge >= 0.3 is 0 Å². The molecule has 8 atom stereocenters. The van der Waals surface area contributed by atoms with Crippen LogP contribution < -0.4 is 0 Å². The number of aldehydes is 1. The van der Waals surface area contributed by atoms with Crippen molar-refractivity contribution in [3.8, 4) is 0 Å². The van der Waals surface area contributed by atoms with Crippen LogP contribution in [0.15, 0.2) is 11.6 Å². The summed E-state index contributed by atoms with van der Waals surface area (Å²) in [6.07, 6.45) is 9.68. The molecule has 3 saturated carbocycles. The van der Waals surface area contributed by atoms with Crippen LogP contribution in [-0.2, 0) is 4.79 Å². The predicted molar refractivity (Wildman–Crippen MR) is 88.7 cm³/mol. The van der Waals surface area contributed by atoms with Gasteiger partial charge in [0, 0.05) is 5.92 Å². The van der Waals surface area contributed by atoms with Crippen molar-refractivity contribution >= 4 is 6.29 Å². The van der Waals surface area contributed by atoms with Gasteiger partial charge in [0.25, 0.3) is 0 Å². The lowest BCUT2D eigenvalue weighted by molar-refractivity contribution is -0.117. The maximum Gasteiger partial charge on any atom is 0.123 e. The van der Waals surface area contributed by atoms with Gasteiger partial charge in [0.05, 0.1) is 12.2 Å². The van der Waals surface area contributed by atoms with Crippen molar-refractivity contribution in [3.05, 3.63) is 11.6 Å². The molecule has 3 fully saturated rings. The highest BCUT2D eigenvalue weighted by molar-refractivity contribution is 5.56. The Bertz CT molecular complexity index is 541. The van der Waals surface area contributed by atoms with Crippen molar-refractivity contribution in [2.45, 2.75) is 71.0 Å². The van der Waals surface area contributed by atoms with Gasteiger partial charge in [-0.1, -0.05) is 25.5 Å². The summed E-state index contributed by atoms with van der Waals surface area (Å²) in [4.78, 5) is 11.7. The van der Waals surface area contributed by atoms with E-state index in [0.717, 1.165) is 44.8 Å². The van der Waals surface area contributed by atoms with Crippen molar-refractivity contribution in [1.82, 2.24) is 0 Å². The fraction of sp³-hybridized carbons (Fsp3) is 0.850. The molecule has 4 aliphatic carbocycles. The lowest BCUT2D eigenvalue weighted by atomic mass is 9.47. The second-order valence-electron chi connectivity index (χ2n) is 9.17. The monoisotopic (exact) mass is 318 g/mol. The van der Waals surface area contributed by atoms with Crippen LogP contribution in [0.3, 0.4) is 0 Å². The maximum atomic E-state index is 11.7. The van der Waals surface area contributed by atoms with Crippen molar-refractivity contribution < 1.29 is 15.0 Å². The van der Waals surface area contributed by atoms with Gasteiger partial charge in [-0.05, 0) is 73.5 Å². The number of aliphatic hydroxyl groups excluding tert-OH is 2. The van der Waals surface area contributed by atoms with E-state index >= 15 is 0 Å². The van der Waals surface area contributed by atoms with Crippen molar-refractivity contribution in [1.29, 1.82) is 0 Å². The highest BCUT2D eigenvalue weighted by Crippen LogP contribution is 2.65. The molecule has 0 aromatic heterocycles. The minimum atomic E-state index is -0.324. The van der Waals surface area contributed by atoms with E-state index < -0.39 is 0 Å². The van der Waals surface area contributed by atoms with E-state index in [9.17, 15) is 15.0 Å². The minimum Gasteiger partial charge on any atom is -0.393 e. The number of rotatable bonds is 1. The van der Waals surface area contributed by atoms with Crippen LogP contribution in [-0.4, -0.2) is 28.7 Å². The highest BCUT2D eigenvalue weighted by atomic mass is 16.3. The average molecular weight is 318 g/mol. The predicted octanol–water partition coefficient (Wildman–Crippen LogP) is 3.10. The lowest BCUT2D eigenvalue weighted by Gasteiger charge is -2.58. The third kappa shape index (κ3) is 2.05. The Morgan fingerprint density at radius 2 is 2.00 bits per heavy atom. The Hall–Kier alpha value is -0.670. The minimum absolute atomic E-state index is 0.0236. The van der Waals surface area contributed by atoms with Gasteiger partial charge in [-0.25, -0.2) is 0 Å². The molecule has 4 aliphatic rings. The molecule has 0 radical (unpaired) electrons. The second-order valence-corrected chi connectivity index (χ2v) is 9.17. The summed E-state index contributed by atoms with van der Waals surface area (Å²) >= 11 is 0. The Labute approximate surface area is 139 Å². The standard InChI is InChI=1S/C20H30O3/c1-19-7-5-14(22)10-13(19)3-4-15-16(19)6-8-20(2)17(23)9-12(11-21)18(15)20/h3,11-12,14-18,22-23H,4-10H2,1-2H3/t12-,14+,15-,16+,17+,18+,19+,20-/m1/s1. The van der Waals surface area contributed by atoms with E-state index in [2.05, 4.69) is 19.9 Å². The first-order chi connectivity index (χ1) is 10.9. The van der Waals surface area contributed by atoms with Gasteiger partial charge in [-0.2, -0.15) is 0 Å². The molecule has 0 aromatic carbocycles. The Balaban J connectivity index is 1.72. The topological polar surface area (TPSA) is 57.5 Å². The van der Waals surface area contributed by atoms with Crippen LogP contribution in [0.25, 0.3) is 0 Å². The van der Waals surface area contributed by atoms with Crippen LogP contribution in [0.4, 0.5) is 0 Å². The van der Waals surface area contributed by atoms with Gasteiger partial charge in [-0.3, -0.25) is 0 Å². The molecule has 0 amide bonds. The van der Waals surface area contributed by atoms with Gasteiger partial charge in [0.15, 0.2) is 0 Å². The van der Waals surface area contributed by atoms with Gasteiger partial charge < -0.3 is 15.0 Å². The van der Waals surface area contributed by atoms with Crippen LogP contribution in [0.2, 0.25) is 0 Å². The maximum absolute atomic E-state index is 11.7. The fourth-order valence-corrected chi connectivity index (χ4v) is 6.93. The smallest absolute Gasteiger partial charge is 0.123 e. The summed E-state index contributed by atoms with van der Waals surface area (Å²) in [7, 11) is 0. The quantitative estimate of drug-likeness (QED) is 0.577. The molecule has 3 heteroatoms. The normalized spacial score (nSPS) is 55.4. The molecule has 0 unspecified atom stereocenters. The summed E-state index contributed by atoms with van der Waals surface area (Å²) < 4.78 is 0. The number of fused-ring (bicyclic) bond motifs is 5. The zero-order valence-electron chi connectivity index (χ0n) is 14.4. The number of hydrogen-bond acceptors (Lipinski definition) is 3. The van der Waals surface area contributed by atoms with Crippen LogP contribution >= 0.6 is 0 Å². The van der Waals surface area contributed by atoms with E-state index in [1.807, 2.05) is 0 Å². The van der Waals surface area contributed by atoms with Gasteiger partial charge in [0.1, 0.15) is 6.29 Å². The summed E-state index contributed by atoms with van der Waals surface area (Å²) in [5.74, 6) is 1.48. The molecule has 2 N–H and O–H groups in total. The van der Waals surface area contributed by atoms with Crippen molar-refractivity contribution in [2.24, 2.45) is 34.5 Å². The van der Waals surface area contributed by atoms with E-state index in [-0.39, 0.29) is 29.0 Å². The average Bonchev–Trinajstić information content (AvgIpc) is 2.79. The molecule has 0 bridgehead atoms. The number of hydrogen-bond donors (Lipinski definition) is 2. The highest BCUT2D eigenvalue weighted by Gasteiger charge is 2.61. The zero-order chi connectivity index (χ0) is 16.4. The van der Waals surface area contributed by atoms with E-state index in [1.54, 1.807) is 0 Å². The number of aliphatic hydroxyl groups is 2. The Morgan fingerprint density at radius 1 is 1.22 bits per heavy atom. The molecule has 0 saturated heterocycles. The Morgan fingerprint density at radius 3 is 2.74 bits per heavy atom. The molecular weight excluding hydrogens is 288 g/mol. The van der Waals surface area contributed by atoms with Crippen molar-refractivity contribution in [3.63, 3.8) is 0 Å². The number of allylic oxidation sites excluding steroid dienone is 1. The summed E-state index contributed by atoms with van der Waals surface area (Å²) in [6, 6.07) is 0. The largest absolute Gasteiger partial charge is 0.393 e. The van der Waals surface area contributed by atoms with Gasteiger partial charge in [0.2, 0.25) is 0 Å². The summed E-state index contributed by atoms with van der Waals surface area (Å²) in [6.45, 7) is 4.61. The Kier molecular flexibility index (Phi) is 3.55. The lowest BCUT2D eigenvalue weighted by Crippen LogP contribution is -2.52. The van der Waals surface area contributed by atoms with Crippen LogP contribution in [0.5, 0.6) is 0 Å². The zero-order valence-corrected chi connectivity index (χ0v) is 14.4. The fourth-order valence-electron chi connectivity index (χ4n) is 6.93. The van der Waals surface area contributed by atoms with E-state index in [1.165, 1.54) is 5.57 Å². The molecule has 4 rings (SSSR count). The molecule has 0 aromatic rings. The van der Waals surface area contributed by atoms with E-state index in [0.29, 0.717) is 24.2 Å². The molecule has 3 nitrogen and oxygen atoms in total. The molecule has 0 aliphatic heterocycles. The summed E-state index contributed by atoms with van der Waals surface area (Å²) in [5.41, 5.74) is 1.58. The second kappa shape index (κ2) is 5.16. The molecule has 128 valence electrons. The molecule has 23 heavy (non-hydrogen) atoms. The first-order valence-electron chi connectivity index (χ1n) is 9.41. The first-order valence-corrected chi connectivity index (χ1v) is 9.41. The SMILES string of the molecule is C[C@]12CC[C@H]3[C@@H](CC=C4C[C@@H](O)CC[C@@]43C)[C@@H]1[C@@H](C=O)C[C@@H]2O. The van der Waals surface area contributed by atoms with Crippen molar-refractivity contribution in [2.75, 3.05) is 0 Å². The summed E-state index contributed by atoms with van der Waals surface area (Å²) in [5, 5.41) is 20.6. The van der Waals surface area contributed by atoms with Crippen LogP contribution in [0, 0.1) is 34.5 Å². The van der Waals surface area contributed by atoms with Gasteiger partial charge in [-0.15, -0.1) is 0 Å². The third-order valence-electron chi connectivity index (χ3n) is 8.27. The molecule has 0 spiro atoms. The third-order valence-corrected chi connectivity index (χ3v) is 8.27. The molecular formula is C20H30O3.